The van der Waals surface area contributed by atoms with Gasteiger partial charge in [-0.1, -0.05) is 43.7 Å². The van der Waals surface area contributed by atoms with Gasteiger partial charge in [-0.3, -0.25) is 0 Å². The molecule has 1 aromatic rings. The number of benzene rings is 1. The lowest BCUT2D eigenvalue weighted by Gasteiger charge is -2.25. The molecular weight excluding hydrogens is 276 g/mol. The molecule has 4 nitrogen and oxygen atoms in total. The summed E-state index contributed by atoms with van der Waals surface area (Å²) in [5.74, 6) is 0.572. The molecule has 2 amide bonds. The van der Waals surface area contributed by atoms with Gasteiger partial charge in [0.2, 0.25) is 0 Å². The average molecular weight is 304 g/mol. The van der Waals surface area contributed by atoms with Crippen LogP contribution >= 0.6 is 0 Å². The first-order chi connectivity index (χ1) is 10.6. The third-order valence-corrected chi connectivity index (χ3v) is 4.74. The molecule has 0 heterocycles. The van der Waals surface area contributed by atoms with Gasteiger partial charge in [0.15, 0.2) is 0 Å². The van der Waals surface area contributed by atoms with Gasteiger partial charge in [-0.15, -0.1) is 0 Å². The van der Waals surface area contributed by atoms with Crippen molar-refractivity contribution in [2.75, 3.05) is 20.1 Å². The van der Waals surface area contributed by atoms with Gasteiger partial charge in [0.25, 0.3) is 0 Å². The van der Waals surface area contributed by atoms with Gasteiger partial charge in [-0.2, -0.15) is 0 Å². The van der Waals surface area contributed by atoms with Gasteiger partial charge in [0.05, 0.1) is 6.10 Å². The van der Waals surface area contributed by atoms with E-state index in [4.69, 9.17) is 0 Å². The largest absolute Gasteiger partial charge is 0.393 e. The predicted octanol–water partition coefficient (Wildman–Crippen LogP) is 2.98. The molecular formula is C18H28N2O2. The summed E-state index contributed by atoms with van der Waals surface area (Å²) in [6.45, 7) is 3.43. The molecule has 22 heavy (non-hydrogen) atoms. The Morgan fingerprint density at radius 2 is 2.09 bits per heavy atom. The highest BCUT2D eigenvalue weighted by molar-refractivity contribution is 5.73. The van der Waals surface area contributed by atoms with Crippen LogP contribution in [0, 0.1) is 5.92 Å². The maximum atomic E-state index is 12.2. The standard InChI is InChI=1S/C18H28N2O2/c1-3-14(15-8-5-4-6-9-15)12-19-18(22)20(2)13-16-10-7-11-17(16)21/h4-6,8-9,14,16-17,21H,3,7,10-13H2,1-2H3,(H,19,22). The summed E-state index contributed by atoms with van der Waals surface area (Å²) >= 11 is 0. The molecule has 0 radical (unpaired) electrons. The van der Waals surface area contributed by atoms with E-state index < -0.39 is 0 Å². The number of amides is 2. The zero-order valence-corrected chi connectivity index (χ0v) is 13.7. The van der Waals surface area contributed by atoms with Gasteiger partial charge in [0, 0.05) is 32.0 Å². The fraction of sp³-hybridized carbons (Fsp3) is 0.611. The monoisotopic (exact) mass is 304 g/mol. The lowest BCUT2D eigenvalue weighted by molar-refractivity contribution is 0.114. The normalized spacial score (nSPS) is 22.3. The number of carbonyl (C=O) groups is 1. The summed E-state index contributed by atoms with van der Waals surface area (Å²) in [5.41, 5.74) is 1.26. The number of nitrogens with one attached hydrogen (secondary N) is 1. The van der Waals surface area contributed by atoms with Crippen LogP contribution in [0.15, 0.2) is 30.3 Å². The first-order valence-corrected chi connectivity index (χ1v) is 8.33. The van der Waals surface area contributed by atoms with Crippen molar-refractivity contribution in [3.8, 4) is 0 Å². The molecule has 4 heteroatoms. The zero-order chi connectivity index (χ0) is 15.9. The number of aliphatic hydroxyl groups excluding tert-OH is 1. The molecule has 122 valence electrons. The number of nitrogens with zero attached hydrogens (tertiary/aromatic N) is 1. The summed E-state index contributed by atoms with van der Waals surface area (Å²) < 4.78 is 0. The van der Waals surface area contributed by atoms with Crippen LogP contribution in [0.25, 0.3) is 0 Å². The summed E-state index contributed by atoms with van der Waals surface area (Å²) in [6.07, 6.45) is 3.69. The van der Waals surface area contributed by atoms with Crippen LogP contribution in [0.2, 0.25) is 0 Å². The number of aliphatic hydroxyl groups is 1. The quantitative estimate of drug-likeness (QED) is 0.849. The van der Waals surface area contributed by atoms with Gasteiger partial charge in [-0.25, -0.2) is 4.79 Å². The van der Waals surface area contributed by atoms with Crippen molar-refractivity contribution in [2.24, 2.45) is 5.92 Å². The van der Waals surface area contributed by atoms with Crippen LogP contribution in [0.4, 0.5) is 4.79 Å². The van der Waals surface area contributed by atoms with Crippen LogP contribution < -0.4 is 5.32 Å². The van der Waals surface area contributed by atoms with Crippen LogP contribution in [0.5, 0.6) is 0 Å². The minimum Gasteiger partial charge on any atom is -0.393 e. The lowest BCUT2D eigenvalue weighted by atomic mass is 9.97. The Bertz CT molecular complexity index is 463. The number of hydrogen-bond acceptors (Lipinski definition) is 2. The van der Waals surface area contributed by atoms with Crippen LogP contribution in [-0.2, 0) is 0 Å². The zero-order valence-electron chi connectivity index (χ0n) is 13.7. The lowest BCUT2D eigenvalue weighted by Crippen LogP contribution is -2.42. The van der Waals surface area contributed by atoms with Crippen molar-refractivity contribution in [2.45, 2.75) is 44.6 Å². The Kier molecular flexibility index (Phi) is 6.25. The second-order valence-corrected chi connectivity index (χ2v) is 6.34. The van der Waals surface area contributed by atoms with Crippen LogP contribution in [0.1, 0.15) is 44.1 Å². The highest BCUT2D eigenvalue weighted by Gasteiger charge is 2.27. The van der Waals surface area contributed by atoms with E-state index in [2.05, 4.69) is 24.4 Å². The van der Waals surface area contributed by atoms with E-state index in [1.807, 2.05) is 25.2 Å². The van der Waals surface area contributed by atoms with Crippen molar-refractivity contribution in [3.63, 3.8) is 0 Å². The molecule has 0 aliphatic heterocycles. The summed E-state index contributed by atoms with van der Waals surface area (Å²) in [7, 11) is 1.81. The Morgan fingerprint density at radius 3 is 2.68 bits per heavy atom. The van der Waals surface area contributed by atoms with Gasteiger partial charge in [0.1, 0.15) is 0 Å². The SMILES string of the molecule is CCC(CNC(=O)N(C)CC1CCCC1O)c1ccccc1. The molecule has 3 atom stereocenters. The van der Waals surface area contributed by atoms with Crippen molar-refractivity contribution in [1.29, 1.82) is 0 Å². The first-order valence-electron chi connectivity index (χ1n) is 8.33. The Labute approximate surface area is 133 Å². The molecule has 1 aliphatic rings. The topological polar surface area (TPSA) is 52.6 Å². The van der Waals surface area contributed by atoms with E-state index >= 15 is 0 Å². The van der Waals surface area contributed by atoms with Crippen molar-refractivity contribution < 1.29 is 9.90 Å². The molecule has 0 bridgehead atoms. The minimum atomic E-state index is -0.247. The van der Waals surface area contributed by atoms with Crippen molar-refractivity contribution >= 4 is 6.03 Å². The van der Waals surface area contributed by atoms with E-state index in [9.17, 15) is 9.90 Å². The van der Waals surface area contributed by atoms with E-state index in [-0.39, 0.29) is 18.1 Å². The minimum absolute atomic E-state index is 0.0477. The Balaban J connectivity index is 1.80. The molecule has 2 rings (SSSR count). The van der Waals surface area contributed by atoms with Gasteiger partial charge >= 0.3 is 6.03 Å². The second-order valence-electron chi connectivity index (χ2n) is 6.34. The second kappa shape index (κ2) is 8.18. The highest BCUT2D eigenvalue weighted by atomic mass is 16.3. The van der Waals surface area contributed by atoms with E-state index in [0.29, 0.717) is 19.0 Å². The smallest absolute Gasteiger partial charge is 0.317 e. The molecule has 0 spiro atoms. The first kappa shape index (κ1) is 16.8. The number of urea groups is 1. The maximum Gasteiger partial charge on any atom is 0.317 e. The number of hydrogen-bond donors (Lipinski definition) is 2. The molecule has 1 aromatic carbocycles. The molecule has 1 aliphatic carbocycles. The van der Waals surface area contributed by atoms with Crippen LogP contribution in [-0.4, -0.2) is 42.3 Å². The maximum absolute atomic E-state index is 12.2. The molecule has 3 unspecified atom stereocenters. The highest BCUT2D eigenvalue weighted by Crippen LogP contribution is 2.26. The van der Waals surface area contributed by atoms with E-state index in [1.54, 1.807) is 4.90 Å². The number of carbonyl (C=O) groups excluding carboxylic acids is 1. The third-order valence-electron chi connectivity index (χ3n) is 4.74. The van der Waals surface area contributed by atoms with Gasteiger partial charge < -0.3 is 15.3 Å². The average Bonchev–Trinajstić information content (AvgIpc) is 2.94. The Morgan fingerprint density at radius 1 is 1.36 bits per heavy atom. The summed E-state index contributed by atoms with van der Waals surface area (Å²) in [5, 5.41) is 12.9. The summed E-state index contributed by atoms with van der Waals surface area (Å²) in [6, 6.07) is 10.3. The third kappa shape index (κ3) is 4.47. The van der Waals surface area contributed by atoms with E-state index in [0.717, 1.165) is 25.7 Å². The molecule has 2 N–H and O–H groups in total. The Hall–Kier alpha value is -1.55. The fourth-order valence-corrected chi connectivity index (χ4v) is 3.23. The molecule has 1 saturated carbocycles. The predicted molar refractivity (Wildman–Crippen MR) is 88.9 cm³/mol. The molecule has 0 saturated heterocycles. The molecule has 1 fully saturated rings. The van der Waals surface area contributed by atoms with Crippen molar-refractivity contribution in [3.05, 3.63) is 35.9 Å². The van der Waals surface area contributed by atoms with E-state index in [1.165, 1.54) is 5.56 Å². The van der Waals surface area contributed by atoms with Crippen molar-refractivity contribution in [1.82, 2.24) is 10.2 Å². The number of rotatable bonds is 6. The fourth-order valence-electron chi connectivity index (χ4n) is 3.23. The molecule has 0 aromatic heterocycles. The van der Waals surface area contributed by atoms with Gasteiger partial charge in [-0.05, 0) is 24.8 Å². The summed E-state index contributed by atoms with van der Waals surface area (Å²) in [4.78, 5) is 13.9. The van der Waals surface area contributed by atoms with Crippen LogP contribution in [0.3, 0.4) is 0 Å².